The van der Waals surface area contributed by atoms with Crippen LogP contribution in [-0.2, 0) is 11.2 Å². The minimum Gasteiger partial charge on any atom is -0.393 e. The van der Waals surface area contributed by atoms with E-state index in [-0.39, 0.29) is 11.8 Å². The highest BCUT2D eigenvalue weighted by atomic mass is 32.2. The number of thioether (sulfide) groups is 1. The van der Waals surface area contributed by atoms with Crippen LogP contribution in [0.3, 0.4) is 0 Å². The Morgan fingerprint density at radius 3 is 2.64 bits per heavy atom. The van der Waals surface area contributed by atoms with Gasteiger partial charge in [0.1, 0.15) is 0 Å². The van der Waals surface area contributed by atoms with Crippen LogP contribution in [0.25, 0.3) is 0 Å². The molecule has 0 aromatic heterocycles. The number of hydrogen-bond acceptors (Lipinski definition) is 3. The lowest BCUT2D eigenvalue weighted by Crippen LogP contribution is -2.45. The van der Waals surface area contributed by atoms with Gasteiger partial charge in [0.25, 0.3) is 0 Å². The molecule has 1 amide bonds. The molecule has 3 unspecified atom stereocenters. The van der Waals surface area contributed by atoms with Crippen molar-refractivity contribution < 1.29 is 9.90 Å². The summed E-state index contributed by atoms with van der Waals surface area (Å²) >= 11 is 1.74. The van der Waals surface area contributed by atoms with E-state index in [1.54, 1.807) is 18.7 Å². The monoisotopic (exact) mass is 355 g/mol. The highest BCUT2D eigenvalue weighted by molar-refractivity contribution is 7.99. The number of fused-ring (bicyclic) bond motifs is 1. The molecule has 3 rings (SSSR count). The summed E-state index contributed by atoms with van der Waals surface area (Å²) in [7, 11) is 0. The zero-order valence-corrected chi connectivity index (χ0v) is 15.6. The Kier molecular flexibility index (Phi) is 5.50. The zero-order valence-electron chi connectivity index (χ0n) is 14.7. The molecule has 0 fully saturated rings. The molecule has 3 atom stereocenters. The van der Waals surface area contributed by atoms with Crippen molar-refractivity contribution in [3.05, 3.63) is 65.7 Å². The predicted molar refractivity (Wildman–Crippen MR) is 103 cm³/mol. The SMILES string of the molecule is CC(O)C(C)(CNC(=O)C1CSc2ccccc21)Cc1ccccc1. The van der Waals surface area contributed by atoms with Gasteiger partial charge >= 0.3 is 0 Å². The van der Waals surface area contributed by atoms with E-state index in [0.717, 1.165) is 17.7 Å². The first-order valence-corrected chi connectivity index (χ1v) is 9.69. The Bertz CT molecular complexity index is 732. The lowest BCUT2D eigenvalue weighted by Gasteiger charge is -2.33. The summed E-state index contributed by atoms with van der Waals surface area (Å²) in [5.74, 6) is 0.739. The van der Waals surface area contributed by atoms with Crippen molar-refractivity contribution in [2.75, 3.05) is 12.3 Å². The summed E-state index contributed by atoms with van der Waals surface area (Å²) in [5, 5.41) is 13.4. The smallest absolute Gasteiger partial charge is 0.228 e. The molecule has 2 aromatic carbocycles. The van der Waals surface area contributed by atoms with Gasteiger partial charge in [0, 0.05) is 22.6 Å². The Hall–Kier alpha value is -1.78. The number of aliphatic hydroxyl groups is 1. The molecular formula is C21H25NO2S. The normalized spacial score (nSPS) is 19.7. The van der Waals surface area contributed by atoms with Crippen molar-refractivity contribution in [3.63, 3.8) is 0 Å². The summed E-state index contributed by atoms with van der Waals surface area (Å²) in [6.07, 6.45) is 0.208. The van der Waals surface area contributed by atoms with Crippen LogP contribution in [-0.4, -0.2) is 29.4 Å². The zero-order chi connectivity index (χ0) is 17.9. The predicted octanol–water partition coefficient (Wildman–Crippen LogP) is 3.62. The topological polar surface area (TPSA) is 49.3 Å². The Labute approximate surface area is 153 Å². The molecule has 25 heavy (non-hydrogen) atoms. The first-order chi connectivity index (χ1) is 12.0. The van der Waals surface area contributed by atoms with Gasteiger partial charge in [-0.15, -0.1) is 11.8 Å². The maximum Gasteiger partial charge on any atom is 0.228 e. The first kappa shape index (κ1) is 18.0. The fourth-order valence-electron chi connectivity index (χ4n) is 3.21. The molecule has 2 aromatic rings. The minimum absolute atomic E-state index is 0.0531. The Morgan fingerprint density at radius 2 is 1.92 bits per heavy atom. The molecule has 1 aliphatic heterocycles. The van der Waals surface area contributed by atoms with E-state index in [9.17, 15) is 9.90 Å². The van der Waals surface area contributed by atoms with Crippen LogP contribution in [0.5, 0.6) is 0 Å². The number of rotatable bonds is 6. The summed E-state index contributed by atoms with van der Waals surface area (Å²) < 4.78 is 0. The van der Waals surface area contributed by atoms with Crippen molar-refractivity contribution in [2.45, 2.75) is 37.2 Å². The van der Waals surface area contributed by atoms with Gasteiger partial charge in [0.2, 0.25) is 5.91 Å². The van der Waals surface area contributed by atoms with E-state index in [1.165, 1.54) is 10.5 Å². The fourth-order valence-corrected chi connectivity index (χ4v) is 4.44. The molecule has 0 bridgehead atoms. The Balaban J connectivity index is 1.67. The average molecular weight is 356 g/mol. The van der Waals surface area contributed by atoms with Crippen molar-refractivity contribution >= 4 is 17.7 Å². The van der Waals surface area contributed by atoms with Crippen LogP contribution < -0.4 is 5.32 Å². The highest BCUT2D eigenvalue weighted by Crippen LogP contribution is 2.39. The van der Waals surface area contributed by atoms with E-state index >= 15 is 0 Å². The lowest BCUT2D eigenvalue weighted by atomic mass is 9.79. The third-order valence-corrected chi connectivity index (χ3v) is 6.33. The maximum atomic E-state index is 12.7. The van der Waals surface area contributed by atoms with Gasteiger partial charge in [-0.2, -0.15) is 0 Å². The molecule has 4 heteroatoms. The third kappa shape index (κ3) is 4.07. The van der Waals surface area contributed by atoms with Crippen molar-refractivity contribution in [2.24, 2.45) is 5.41 Å². The molecule has 0 radical (unpaired) electrons. The number of nitrogens with one attached hydrogen (secondary N) is 1. The van der Waals surface area contributed by atoms with Gasteiger partial charge in [0.05, 0.1) is 12.0 Å². The molecule has 0 saturated carbocycles. The maximum absolute atomic E-state index is 12.7. The standard InChI is InChI=1S/C21H25NO2S/c1-15(23)21(2,12-16-8-4-3-5-9-16)14-22-20(24)18-13-25-19-11-7-6-10-17(18)19/h3-11,15,18,23H,12-14H2,1-2H3,(H,22,24). The van der Waals surface area contributed by atoms with Crippen LogP contribution in [0.2, 0.25) is 0 Å². The van der Waals surface area contributed by atoms with Crippen LogP contribution in [0.1, 0.15) is 30.9 Å². The third-order valence-electron chi connectivity index (χ3n) is 5.14. The van der Waals surface area contributed by atoms with Gasteiger partial charge in [-0.05, 0) is 30.5 Å². The molecule has 132 valence electrons. The van der Waals surface area contributed by atoms with E-state index in [4.69, 9.17) is 0 Å². The first-order valence-electron chi connectivity index (χ1n) is 8.71. The van der Waals surface area contributed by atoms with Gasteiger partial charge in [-0.1, -0.05) is 55.5 Å². The minimum atomic E-state index is -0.516. The molecule has 0 aliphatic carbocycles. The van der Waals surface area contributed by atoms with Crippen LogP contribution >= 0.6 is 11.8 Å². The molecule has 1 aliphatic rings. The summed E-state index contributed by atoms with van der Waals surface area (Å²) in [6.45, 7) is 4.29. The van der Waals surface area contributed by atoms with Crippen molar-refractivity contribution in [1.82, 2.24) is 5.32 Å². The number of aliphatic hydroxyl groups excluding tert-OH is 1. The van der Waals surface area contributed by atoms with E-state index < -0.39 is 11.5 Å². The number of carbonyl (C=O) groups excluding carboxylic acids is 1. The van der Waals surface area contributed by atoms with Crippen LogP contribution in [0, 0.1) is 5.41 Å². The summed E-state index contributed by atoms with van der Waals surface area (Å²) in [4.78, 5) is 13.9. The van der Waals surface area contributed by atoms with Gasteiger partial charge in [0.15, 0.2) is 0 Å². The molecular weight excluding hydrogens is 330 g/mol. The van der Waals surface area contributed by atoms with Crippen molar-refractivity contribution in [3.8, 4) is 0 Å². The quantitative estimate of drug-likeness (QED) is 0.832. The fraction of sp³-hybridized carbons (Fsp3) is 0.381. The lowest BCUT2D eigenvalue weighted by molar-refractivity contribution is -0.122. The van der Waals surface area contributed by atoms with E-state index in [1.807, 2.05) is 43.3 Å². The van der Waals surface area contributed by atoms with Gasteiger partial charge in [-0.25, -0.2) is 0 Å². The molecule has 3 nitrogen and oxygen atoms in total. The largest absolute Gasteiger partial charge is 0.393 e. The average Bonchev–Trinajstić information content (AvgIpc) is 3.04. The van der Waals surface area contributed by atoms with Crippen LogP contribution in [0.4, 0.5) is 0 Å². The highest BCUT2D eigenvalue weighted by Gasteiger charge is 2.34. The number of carbonyl (C=O) groups is 1. The second-order valence-corrected chi connectivity index (χ2v) is 8.17. The summed E-state index contributed by atoms with van der Waals surface area (Å²) in [5.41, 5.74) is 1.89. The summed E-state index contributed by atoms with van der Waals surface area (Å²) in [6, 6.07) is 18.2. The van der Waals surface area contributed by atoms with Gasteiger partial charge in [-0.3, -0.25) is 4.79 Å². The Morgan fingerprint density at radius 1 is 1.24 bits per heavy atom. The number of hydrogen-bond donors (Lipinski definition) is 2. The van der Waals surface area contributed by atoms with Crippen LogP contribution in [0.15, 0.2) is 59.5 Å². The molecule has 1 heterocycles. The van der Waals surface area contributed by atoms with Gasteiger partial charge < -0.3 is 10.4 Å². The number of benzene rings is 2. The van der Waals surface area contributed by atoms with E-state index in [0.29, 0.717) is 6.54 Å². The second kappa shape index (κ2) is 7.63. The van der Waals surface area contributed by atoms with E-state index in [2.05, 4.69) is 23.5 Å². The second-order valence-electron chi connectivity index (χ2n) is 7.11. The van der Waals surface area contributed by atoms with Crippen molar-refractivity contribution in [1.29, 1.82) is 0 Å². The molecule has 0 spiro atoms. The number of amides is 1. The molecule has 0 saturated heterocycles. The molecule has 2 N–H and O–H groups in total.